The van der Waals surface area contributed by atoms with Crippen LogP contribution in [0.15, 0.2) is 36.4 Å². The lowest BCUT2D eigenvalue weighted by Crippen LogP contribution is -2.14. The van der Waals surface area contributed by atoms with Crippen LogP contribution in [0, 0.1) is 23.4 Å². The summed E-state index contributed by atoms with van der Waals surface area (Å²) < 4.78 is 45.9. The van der Waals surface area contributed by atoms with Crippen LogP contribution in [0.1, 0.15) is 73.7 Å². The average molecular weight is 390 g/mol. The number of hydrogen-bond donors (Lipinski definition) is 0. The number of rotatable bonds is 6. The number of halogens is 3. The molecule has 0 radical (unpaired) electrons. The molecule has 1 aliphatic rings. The minimum absolute atomic E-state index is 0.241. The predicted octanol–water partition coefficient (Wildman–Crippen LogP) is 6.79. The number of ether oxygens (including phenoxy) is 1. The van der Waals surface area contributed by atoms with Gasteiger partial charge in [-0.2, -0.15) is 0 Å². The number of carbonyl (C=O) groups is 1. The van der Waals surface area contributed by atoms with Gasteiger partial charge in [0.05, 0.1) is 5.56 Å². The van der Waals surface area contributed by atoms with Crippen LogP contribution in [0.5, 0.6) is 5.75 Å². The molecule has 0 N–H and O–H groups in total. The van der Waals surface area contributed by atoms with Crippen molar-refractivity contribution < 1.29 is 22.7 Å². The van der Waals surface area contributed by atoms with Gasteiger partial charge in [-0.25, -0.2) is 18.0 Å². The van der Waals surface area contributed by atoms with E-state index in [1.165, 1.54) is 31.4 Å². The highest BCUT2D eigenvalue weighted by Gasteiger charge is 2.23. The SMILES string of the molecule is CCCCC1CCC(c2ccc(OC(=O)c3cc(F)cc(F)c3)c(F)c2)CC1. The first kappa shape index (κ1) is 20.4. The fourth-order valence-electron chi connectivity index (χ4n) is 3.96. The van der Waals surface area contributed by atoms with Crippen LogP contribution in [0.25, 0.3) is 0 Å². The van der Waals surface area contributed by atoms with Crippen LogP contribution < -0.4 is 4.74 Å². The van der Waals surface area contributed by atoms with Crippen molar-refractivity contribution in [3.63, 3.8) is 0 Å². The summed E-state index contributed by atoms with van der Waals surface area (Å²) in [7, 11) is 0. The third-order valence-electron chi connectivity index (χ3n) is 5.54. The van der Waals surface area contributed by atoms with Crippen molar-refractivity contribution in [1.29, 1.82) is 0 Å². The highest BCUT2D eigenvalue weighted by Crippen LogP contribution is 2.38. The van der Waals surface area contributed by atoms with Gasteiger partial charge in [-0.05, 0) is 67.3 Å². The molecule has 0 amide bonds. The lowest BCUT2D eigenvalue weighted by atomic mass is 9.77. The lowest BCUT2D eigenvalue weighted by molar-refractivity contribution is 0.0726. The first-order valence-electron chi connectivity index (χ1n) is 9.94. The number of hydrogen-bond acceptors (Lipinski definition) is 2. The Morgan fingerprint density at radius 3 is 2.29 bits per heavy atom. The minimum Gasteiger partial charge on any atom is -0.420 e. The molecule has 1 saturated carbocycles. The molecule has 5 heteroatoms. The van der Waals surface area contributed by atoms with Crippen LogP contribution in [0.2, 0.25) is 0 Å². The second-order valence-electron chi connectivity index (χ2n) is 7.60. The Morgan fingerprint density at radius 1 is 1.00 bits per heavy atom. The summed E-state index contributed by atoms with van der Waals surface area (Å²) in [5, 5.41) is 0. The van der Waals surface area contributed by atoms with Gasteiger partial charge in [0.1, 0.15) is 11.6 Å². The third-order valence-corrected chi connectivity index (χ3v) is 5.54. The average Bonchev–Trinajstić information content (AvgIpc) is 2.67. The second-order valence-corrected chi connectivity index (χ2v) is 7.60. The normalized spacial score (nSPS) is 19.4. The Bertz CT molecular complexity index is 806. The quantitative estimate of drug-likeness (QED) is 0.401. The summed E-state index contributed by atoms with van der Waals surface area (Å²) in [6, 6.07) is 6.97. The van der Waals surface area contributed by atoms with Crippen molar-refractivity contribution in [2.75, 3.05) is 0 Å². The van der Waals surface area contributed by atoms with E-state index in [-0.39, 0.29) is 11.3 Å². The van der Waals surface area contributed by atoms with Crippen molar-refractivity contribution >= 4 is 5.97 Å². The molecule has 0 heterocycles. The molecule has 0 spiro atoms. The molecule has 28 heavy (non-hydrogen) atoms. The van der Waals surface area contributed by atoms with Crippen molar-refractivity contribution in [3.05, 3.63) is 65.0 Å². The zero-order chi connectivity index (χ0) is 20.1. The molecular weight excluding hydrogens is 365 g/mol. The van der Waals surface area contributed by atoms with Crippen LogP contribution >= 0.6 is 0 Å². The Morgan fingerprint density at radius 2 is 1.68 bits per heavy atom. The van der Waals surface area contributed by atoms with E-state index in [0.717, 1.165) is 49.3 Å². The molecule has 1 fully saturated rings. The Labute approximate surface area is 163 Å². The predicted molar refractivity (Wildman–Crippen MR) is 102 cm³/mol. The standard InChI is InChI=1S/C23H25F3O2/c1-2-3-4-15-5-7-16(8-6-15)17-9-10-22(21(26)13-17)28-23(27)18-11-19(24)14-20(25)12-18/h9-16H,2-8H2,1H3. The van der Waals surface area contributed by atoms with E-state index in [1.54, 1.807) is 6.07 Å². The van der Waals surface area contributed by atoms with Gasteiger partial charge >= 0.3 is 5.97 Å². The zero-order valence-corrected chi connectivity index (χ0v) is 16.0. The van der Waals surface area contributed by atoms with E-state index < -0.39 is 23.4 Å². The maximum absolute atomic E-state index is 14.5. The summed E-state index contributed by atoms with van der Waals surface area (Å²) in [6.45, 7) is 2.20. The molecular formula is C23H25F3O2. The van der Waals surface area contributed by atoms with Gasteiger partial charge in [0, 0.05) is 6.07 Å². The van der Waals surface area contributed by atoms with Gasteiger partial charge in [0.2, 0.25) is 0 Å². The number of benzene rings is 2. The Balaban J connectivity index is 1.63. The molecule has 1 aliphatic carbocycles. The molecule has 2 nitrogen and oxygen atoms in total. The number of carbonyl (C=O) groups excluding carboxylic acids is 1. The molecule has 0 aliphatic heterocycles. The van der Waals surface area contributed by atoms with E-state index in [0.29, 0.717) is 12.0 Å². The maximum atomic E-state index is 14.5. The number of unbranched alkanes of at least 4 members (excludes halogenated alkanes) is 1. The first-order chi connectivity index (χ1) is 13.5. The van der Waals surface area contributed by atoms with Crippen LogP contribution in [0.3, 0.4) is 0 Å². The van der Waals surface area contributed by atoms with Gasteiger partial charge in [0.25, 0.3) is 0 Å². The first-order valence-corrected chi connectivity index (χ1v) is 9.94. The van der Waals surface area contributed by atoms with E-state index in [9.17, 15) is 18.0 Å². The molecule has 0 bridgehead atoms. The fourth-order valence-corrected chi connectivity index (χ4v) is 3.96. The van der Waals surface area contributed by atoms with Crippen molar-refractivity contribution in [2.24, 2.45) is 5.92 Å². The molecule has 0 aromatic heterocycles. The highest BCUT2D eigenvalue weighted by molar-refractivity contribution is 5.91. The van der Waals surface area contributed by atoms with Crippen molar-refractivity contribution in [2.45, 2.75) is 57.8 Å². The van der Waals surface area contributed by atoms with Crippen LogP contribution in [0.4, 0.5) is 13.2 Å². The summed E-state index contributed by atoms with van der Waals surface area (Å²) in [5.41, 5.74) is 0.606. The minimum atomic E-state index is -0.999. The summed E-state index contributed by atoms with van der Waals surface area (Å²) in [6.07, 6.45) is 8.15. The van der Waals surface area contributed by atoms with E-state index in [1.807, 2.05) is 0 Å². The molecule has 0 unspecified atom stereocenters. The molecule has 0 saturated heterocycles. The van der Waals surface area contributed by atoms with Crippen LogP contribution in [-0.2, 0) is 0 Å². The molecule has 150 valence electrons. The van der Waals surface area contributed by atoms with Gasteiger partial charge in [-0.15, -0.1) is 0 Å². The summed E-state index contributed by atoms with van der Waals surface area (Å²) in [5.74, 6) is -2.58. The van der Waals surface area contributed by atoms with E-state index in [4.69, 9.17) is 4.74 Å². The molecule has 3 rings (SSSR count). The molecule has 0 atom stereocenters. The van der Waals surface area contributed by atoms with Gasteiger partial charge < -0.3 is 4.74 Å². The van der Waals surface area contributed by atoms with Crippen LogP contribution in [-0.4, -0.2) is 5.97 Å². The monoisotopic (exact) mass is 390 g/mol. The topological polar surface area (TPSA) is 26.3 Å². The van der Waals surface area contributed by atoms with Crippen molar-refractivity contribution in [3.8, 4) is 5.75 Å². The molecule has 2 aromatic rings. The highest BCUT2D eigenvalue weighted by atomic mass is 19.1. The smallest absolute Gasteiger partial charge is 0.343 e. The van der Waals surface area contributed by atoms with E-state index >= 15 is 0 Å². The van der Waals surface area contributed by atoms with Crippen molar-refractivity contribution in [1.82, 2.24) is 0 Å². The van der Waals surface area contributed by atoms with Gasteiger partial charge in [-0.1, -0.05) is 32.3 Å². The largest absolute Gasteiger partial charge is 0.420 e. The lowest BCUT2D eigenvalue weighted by Gasteiger charge is -2.29. The zero-order valence-electron chi connectivity index (χ0n) is 16.0. The summed E-state index contributed by atoms with van der Waals surface area (Å²) in [4.78, 5) is 12.1. The van der Waals surface area contributed by atoms with Gasteiger partial charge in [-0.3, -0.25) is 0 Å². The van der Waals surface area contributed by atoms with Gasteiger partial charge in [0.15, 0.2) is 11.6 Å². The third kappa shape index (κ3) is 5.15. The Hall–Kier alpha value is -2.30. The maximum Gasteiger partial charge on any atom is 0.343 e. The molecule has 2 aromatic carbocycles. The second kappa shape index (κ2) is 9.26. The summed E-state index contributed by atoms with van der Waals surface area (Å²) >= 11 is 0. The van der Waals surface area contributed by atoms with E-state index in [2.05, 4.69) is 6.92 Å². The Kier molecular flexibility index (Phi) is 6.76. The fraction of sp³-hybridized carbons (Fsp3) is 0.435. The number of esters is 1.